The number of aliphatic hydroxyl groups is 1. The Morgan fingerprint density at radius 1 is 1.25 bits per heavy atom. The molecule has 0 radical (unpaired) electrons. The van der Waals surface area contributed by atoms with Crippen LogP contribution in [-0.4, -0.2) is 11.2 Å². The summed E-state index contributed by atoms with van der Waals surface area (Å²) in [5.74, 6) is 1.33. The lowest BCUT2D eigenvalue weighted by atomic mass is 9.94. The van der Waals surface area contributed by atoms with Crippen molar-refractivity contribution < 1.29 is 5.11 Å². The molecule has 1 N–H and O–H groups in total. The molecule has 1 nitrogen and oxygen atoms in total. The standard InChI is InChI=1S/C15H22O/c1-11-3-6-13(7-4-11)10-15(16)14-8-5-12(2)9-14/h3-4,6-7,12,14-16H,5,8-10H2,1-2H3. The van der Waals surface area contributed by atoms with Gasteiger partial charge in [0.1, 0.15) is 0 Å². The monoisotopic (exact) mass is 218 g/mol. The van der Waals surface area contributed by atoms with Crippen LogP contribution in [0.1, 0.15) is 37.3 Å². The quantitative estimate of drug-likeness (QED) is 0.825. The van der Waals surface area contributed by atoms with Gasteiger partial charge in [0.2, 0.25) is 0 Å². The third kappa shape index (κ3) is 2.85. The van der Waals surface area contributed by atoms with Gasteiger partial charge in [0.05, 0.1) is 6.10 Å². The molecule has 16 heavy (non-hydrogen) atoms. The fourth-order valence-corrected chi connectivity index (χ4v) is 2.73. The summed E-state index contributed by atoms with van der Waals surface area (Å²) >= 11 is 0. The predicted octanol–water partition coefficient (Wildman–Crippen LogP) is 3.33. The molecule has 1 fully saturated rings. The van der Waals surface area contributed by atoms with Crippen LogP contribution in [0.2, 0.25) is 0 Å². The normalized spacial score (nSPS) is 26.9. The number of rotatable bonds is 3. The Kier molecular flexibility index (Phi) is 3.65. The summed E-state index contributed by atoms with van der Waals surface area (Å²) in [6.07, 6.45) is 4.36. The van der Waals surface area contributed by atoms with E-state index in [9.17, 15) is 5.11 Å². The van der Waals surface area contributed by atoms with E-state index in [0.29, 0.717) is 5.92 Å². The lowest BCUT2D eigenvalue weighted by Gasteiger charge is -2.18. The molecule has 0 saturated heterocycles. The molecule has 0 bridgehead atoms. The van der Waals surface area contributed by atoms with Gasteiger partial charge >= 0.3 is 0 Å². The van der Waals surface area contributed by atoms with Gasteiger partial charge in [0, 0.05) is 0 Å². The Hall–Kier alpha value is -0.820. The topological polar surface area (TPSA) is 20.2 Å². The molecule has 0 aliphatic heterocycles. The fraction of sp³-hybridized carbons (Fsp3) is 0.600. The van der Waals surface area contributed by atoms with E-state index in [1.807, 2.05) is 0 Å². The third-order valence-corrected chi connectivity index (χ3v) is 3.84. The average Bonchev–Trinajstić information content (AvgIpc) is 2.68. The van der Waals surface area contributed by atoms with Crippen molar-refractivity contribution in [1.82, 2.24) is 0 Å². The van der Waals surface area contributed by atoms with Gasteiger partial charge in [-0.2, -0.15) is 0 Å². The molecule has 0 amide bonds. The van der Waals surface area contributed by atoms with Crippen LogP contribution in [0.4, 0.5) is 0 Å². The van der Waals surface area contributed by atoms with E-state index >= 15 is 0 Å². The van der Waals surface area contributed by atoms with Crippen LogP contribution < -0.4 is 0 Å². The molecule has 3 unspecified atom stereocenters. The van der Waals surface area contributed by atoms with Crippen molar-refractivity contribution in [3.05, 3.63) is 35.4 Å². The molecular weight excluding hydrogens is 196 g/mol. The van der Waals surface area contributed by atoms with Gasteiger partial charge in [-0.15, -0.1) is 0 Å². The summed E-state index contributed by atoms with van der Waals surface area (Å²) in [7, 11) is 0. The molecule has 1 saturated carbocycles. The van der Waals surface area contributed by atoms with Crippen molar-refractivity contribution in [2.75, 3.05) is 0 Å². The zero-order valence-electron chi connectivity index (χ0n) is 10.3. The Morgan fingerprint density at radius 2 is 1.94 bits per heavy atom. The molecule has 2 rings (SSSR count). The van der Waals surface area contributed by atoms with Gasteiger partial charge in [-0.1, -0.05) is 43.2 Å². The molecule has 0 heterocycles. The summed E-state index contributed by atoms with van der Waals surface area (Å²) < 4.78 is 0. The average molecular weight is 218 g/mol. The highest BCUT2D eigenvalue weighted by molar-refractivity contribution is 5.21. The minimum atomic E-state index is -0.146. The lowest BCUT2D eigenvalue weighted by Crippen LogP contribution is -2.20. The predicted molar refractivity (Wildman–Crippen MR) is 67.4 cm³/mol. The second-order valence-electron chi connectivity index (χ2n) is 5.44. The van der Waals surface area contributed by atoms with E-state index in [0.717, 1.165) is 12.3 Å². The molecule has 1 aromatic carbocycles. The molecule has 0 spiro atoms. The zero-order valence-corrected chi connectivity index (χ0v) is 10.3. The second-order valence-corrected chi connectivity index (χ2v) is 5.44. The van der Waals surface area contributed by atoms with Crippen LogP contribution in [-0.2, 0) is 6.42 Å². The largest absolute Gasteiger partial charge is 0.392 e. The molecule has 1 aromatic rings. The minimum Gasteiger partial charge on any atom is -0.392 e. The Bertz CT molecular complexity index is 328. The van der Waals surface area contributed by atoms with Gasteiger partial charge in [0.15, 0.2) is 0 Å². The van der Waals surface area contributed by atoms with Gasteiger partial charge in [-0.25, -0.2) is 0 Å². The van der Waals surface area contributed by atoms with Gasteiger partial charge in [-0.3, -0.25) is 0 Å². The van der Waals surface area contributed by atoms with Crippen molar-refractivity contribution in [3.8, 4) is 0 Å². The Morgan fingerprint density at radius 3 is 2.50 bits per heavy atom. The van der Waals surface area contributed by atoms with Crippen LogP contribution in [0, 0.1) is 18.8 Å². The SMILES string of the molecule is Cc1ccc(CC(O)C2CCC(C)C2)cc1. The first kappa shape index (κ1) is 11.7. The summed E-state index contributed by atoms with van der Waals surface area (Å²) in [4.78, 5) is 0. The fourth-order valence-electron chi connectivity index (χ4n) is 2.73. The lowest BCUT2D eigenvalue weighted by molar-refractivity contribution is 0.109. The molecule has 1 aliphatic carbocycles. The van der Waals surface area contributed by atoms with Crippen LogP contribution in [0.25, 0.3) is 0 Å². The summed E-state index contributed by atoms with van der Waals surface area (Å²) in [5.41, 5.74) is 2.55. The number of aliphatic hydroxyl groups excluding tert-OH is 1. The summed E-state index contributed by atoms with van der Waals surface area (Å²) in [6, 6.07) is 8.52. The first-order valence-electron chi connectivity index (χ1n) is 6.39. The molecule has 3 atom stereocenters. The van der Waals surface area contributed by atoms with E-state index in [1.165, 1.54) is 30.4 Å². The van der Waals surface area contributed by atoms with Crippen molar-refractivity contribution in [3.63, 3.8) is 0 Å². The van der Waals surface area contributed by atoms with E-state index in [2.05, 4.69) is 38.1 Å². The number of benzene rings is 1. The van der Waals surface area contributed by atoms with Gasteiger partial charge in [-0.05, 0) is 43.6 Å². The van der Waals surface area contributed by atoms with Crippen molar-refractivity contribution in [1.29, 1.82) is 0 Å². The number of aryl methyl sites for hydroxylation is 1. The van der Waals surface area contributed by atoms with Gasteiger partial charge in [0.25, 0.3) is 0 Å². The number of hydrogen-bond donors (Lipinski definition) is 1. The minimum absolute atomic E-state index is 0.146. The first-order chi connectivity index (χ1) is 7.65. The van der Waals surface area contributed by atoms with E-state index in [-0.39, 0.29) is 6.10 Å². The molecule has 0 aromatic heterocycles. The van der Waals surface area contributed by atoms with E-state index in [1.54, 1.807) is 0 Å². The summed E-state index contributed by atoms with van der Waals surface area (Å²) in [6.45, 7) is 4.39. The molecular formula is C15H22O. The summed E-state index contributed by atoms with van der Waals surface area (Å²) in [5, 5.41) is 10.2. The molecule has 1 aliphatic rings. The van der Waals surface area contributed by atoms with Crippen molar-refractivity contribution in [2.45, 2.75) is 45.6 Å². The van der Waals surface area contributed by atoms with Crippen molar-refractivity contribution in [2.24, 2.45) is 11.8 Å². The molecule has 1 heteroatoms. The maximum Gasteiger partial charge on any atom is 0.0608 e. The van der Waals surface area contributed by atoms with Crippen LogP contribution >= 0.6 is 0 Å². The van der Waals surface area contributed by atoms with Gasteiger partial charge < -0.3 is 5.11 Å². The smallest absolute Gasteiger partial charge is 0.0608 e. The Labute approximate surface area is 98.5 Å². The molecule has 88 valence electrons. The highest BCUT2D eigenvalue weighted by atomic mass is 16.3. The Balaban J connectivity index is 1.91. The third-order valence-electron chi connectivity index (χ3n) is 3.84. The van der Waals surface area contributed by atoms with E-state index in [4.69, 9.17) is 0 Å². The van der Waals surface area contributed by atoms with E-state index < -0.39 is 0 Å². The van der Waals surface area contributed by atoms with Crippen molar-refractivity contribution >= 4 is 0 Å². The first-order valence-corrected chi connectivity index (χ1v) is 6.39. The van der Waals surface area contributed by atoms with Crippen LogP contribution in [0.3, 0.4) is 0 Å². The highest BCUT2D eigenvalue weighted by Crippen LogP contribution is 2.33. The maximum atomic E-state index is 10.2. The highest BCUT2D eigenvalue weighted by Gasteiger charge is 2.27. The maximum absolute atomic E-state index is 10.2. The van der Waals surface area contributed by atoms with Crippen LogP contribution in [0.15, 0.2) is 24.3 Å². The second kappa shape index (κ2) is 5.01. The zero-order chi connectivity index (χ0) is 11.5. The number of hydrogen-bond acceptors (Lipinski definition) is 1. The van der Waals surface area contributed by atoms with Crippen LogP contribution in [0.5, 0.6) is 0 Å².